The Balaban J connectivity index is 1.72. The van der Waals surface area contributed by atoms with Crippen LogP contribution in [0.5, 0.6) is 0 Å². The van der Waals surface area contributed by atoms with E-state index in [1.807, 2.05) is 6.92 Å². The van der Waals surface area contributed by atoms with E-state index in [-0.39, 0.29) is 46.9 Å². The van der Waals surface area contributed by atoms with Crippen LogP contribution in [0.1, 0.15) is 56.8 Å². The molecule has 2 fully saturated rings. The summed E-state index contributed by atoms with van der Waals surface area (Å²) < 4.78 is 10.4. The second-order valence-corrected chi connectivity index (χ2v) is 10.6. The summed E-state index contributed by atoms with van der Waals surface area (Å²) >= 11 is 0. The van der Waals surface area contributed by atoms with Crippen molar-refractivity contribution in [3.63, 3.8) is 0 Å². The number of hydrogen-bond donors (Lipinski definition) is 2. The molecule has 7 atom stereocenters. The highest BCUT2D eigenvalue weighted by atomic mass is 16.5. The van der Waals surface area contributed by atoms with Crippen LogP contribution in [0, 0.1) is 29.1 Å². The maximum Gasteiger partial charge on any atom is 0.254 e. The van der Waals surface area contributed by atoms with Gasteiger partial charge in [-0.25, -0.2) is 9.97 Å². The first kappa shape index (κ1) is 27.5. The molecule has 0 bridgehead atoms. The minimum Gasteiger partial charge on any atom is -0.392 e. The number of hydrogen-bond acceptors (Lipinski definition) is 7. The number of nitrogens with one attached hydrogen (secondary N) is 1. The first-order chi connectivity index (χ1) is 16.7. The summed E-state index contributed by atoms with van der Waals surface area (Å²) in [5, 5.41) is 14.8. The van der Waals surface area contributed by atoms with Crippen molar-refractivity contribution in [3.05, 3.63) is 24.3 Å². The van der Waals surface area contributed by atoms with Crippen molar-refractivity contribution in [1.29, 1.82) is 0 Å². The van der Waals surface area contributed by atoms with E-state index in [0.29, 0.717) is 31.9 Å². The molecule has 2 N–H and O–H groups in total. The maximum atomic E-state index is 13.4. The number of rotatable bonds is 10. The smallest absolute Gasteiger partial charge is 0.254 e. The van der Waals surface area contributed by atoms with Crippen molar-refractivity contribution < 1.29 is 24.2 Å². The molecule has 0 unspecified atom stereocenters. The van der Waals surface area contributed by atoms with E-state index in [9.17, 15) is 14.7 Å². The van der Waals surface area contributed by atoms with Gasteiger partial charge in [0.2, 0.25) is 5.91 Å². The molecule has 1 heterocycles. The van der Waals surface area contributed by atoms with Crippen LogP contribution in [-0.4, -0.2) is 84.5 Å². The van der Waals surface area contributed by atoms with Gasteiger partial charge >= 0.3 is 0 Å². The van der Waals surface area contributed by atoms with Crippen LogP contribution in [0.3, 0.4) is 0 Å². The van der Waals surface area contributed by atoms with Crippen molar-refractivity contribution >= 4 is 11.8 Å². The Labute approximate surface area is 209 Å². The zero-order valence-corrected chi connectivity index (χ0v) is 21.8. The maximum absolute atomic E-state index is 13.4. The summed E-state index contributed by atoms with van der Waals surface area (Å²) in [6.45, 7) is 8.24. The first-order valence-corrected chi connectivity index (χ1v) is 12.7. The van der Waals surface area contributed by atoms with Gasteiger partial charge in [0.05, 0.1) is 24.9 Å². The Bertz CT molecular complexity index is 832. The third kappa shape index (κ3) is 6.19. The average molecular weight is 491 g/mol. The number of aliphatic hydroxyl groups is 1. The molecule has 2 aliphatic carbocycles. The number of amides is 2. The minimum atomic E-state index is -0.617. The molecule has 1 aromatic rings. The Morgan fingerprint density at radius 1 is 1.17 bits per heavy atom. The fourth-order valence-electron chi connectivity index (χ4n) is 6.37. The molecule has 1 aromatic heterocycles. The number of aliphatic hydroxyl groups excluding tert-OH is 1. The first-order valence-electron chi connectivity index (χ1n) is 12.7. The number of nitrogens with zero attached hydrogens (tertiary/aromatic N) is 3. The molecular weight excluding hydrogens is 448 g/mol. The van der Waals surface area contributed by atoms with Gasteiger partial charge in [-0.05, 0) is 48.9 Å². The predicted octanol–water partition coefficient (Wildman–Crippen LogP) is 2.16. The van der Waals surface area contributed by atoms with Gasteiger partial charge in [0.25, 0.3) is 5.91 Å². The summed E-state index contributed by atoms with van der Waals surface area (Å²) in [4.78, 5) is 35.9. The quantitative estimate of drug-likeness (QED) is 0.517. The fraction of sp³-hybridized carbons (Fsp3) is 0.769. The van der Waals surface area contributed by atoms with Crippen molar-refractivity contribution in [1.82, 2.24) is 20.2 Å². The molecule has 3 rings (SSSR count). The molecule has 9 heteroatoms. The van der Waals surface area contributed by atoms with Gasteiger partial charge in [-0.2, -0.15) is 0 Å². The lowest BCUT2D eigenvalue weighted by molar-refractivity contribution is -0.151. The lowest BCUT2D eigenvalue weighted by atomic mass is 9.51. The van der Waals surface area contributed by atoms with Gasteiger partial charge in [-0.1, -0.05) is 20.8 Å². The molecule has 2 saturated carbocycles. The highest BCUT2D eigenvalue weighted by Crippen LogP contribution is 2.55. The number of ether oxygens (including phenoxy) is 2. The van der Waals surface area contributed by atoms with Gasteiger partial charge in [-0.3, -0.25) is 9.59 Å². The summed E-state index contributed by atoms with van der Waals surface area (Å²) in [5.41, 5.74) is 0.419. The number of carbonyl (C=O) groups excluding carboxylic acids is 2. The zero-order chi connectivity index (χ0) is 25.6. The van der Waals surface area contributed by atoms with Crippen molar-refractivity contribution in [2.45, 2.75) is 58.6 Å². The van der Waals surface area contributed by atoms with Gasteiger partial charge in [0.15, 0.2) is 0 Å². The molecule has 35 heavy (non-hydrogen) atoms. The van der Waals surface area contributed by atoms with E-state index in [1.165, 1.54) is 18.7 Å². The molecule has 0 aromatic carbocycles. The molecular formula is C26H42N4O5. The molecule has 0 spiro atoms. The summed E-state index contributed by atoms with van der Waals surface area (Å²) in [5.74, 6) is -0.540. The molecule has 2 amide bonds. The lowest BCUT2D eigenvalue weighted by Gasteiger charge is -2.56. The van der Waals surface area contributed by atoms with Crippen LogP contribution in [0.4, 0.5) is 0 Å². The van der Waals surface area contributed by atoms with E-state index >= 15 is 0 Å². The Kier molecular flexibility index (Phi) is 9.61. The normalized spacial score (nSPS) is 31.3. The van der Waals surface area contributed by atoms with Crippen LogP contribution < -0.4 is 5.32 Å². The molecule has 0 saturated heterocycles. The Hall–Kier alpha value is -2.10. The molecule has 9 nitrogen and oxygen atoms in total. The average Bonchev–Trinajstić information content (AvgIpc) is 2.85. The molecule has 2 aliphatic rings. The van der Waals surface area contributed by atoms with Crippen molar-refractivity contribution in [2.24, 2.45) is 29.1 Å². The largest absolute Gasteiger partial charge is 0.392 e. The van der Waals surface area contributed by atoms with Crippen molar-refractivity contribution in [2.75, 3.05) is 40.5 Å². The van der Waals surface area contributed by atoms with Gasteiger partial charge in [-0.15, -0.1) is 0 Å². The number of fused-ring (bicyclic) bond motifs is 1. The SMILES string of the molecule is COCCN(CCOC)C(=O)[C@@H](C)[C@H]1CC[C@]2(C)CC[C@H](NC(=O)c3cncnc3)[C@H](C)[C@@H]2[C@H]1O. The van der Waals surface area contributed by atoms with Crippen LogP contribution in [0.25, 0.3) is 0 Å². The highest BCUT2D eigenvalue weighted by molar-refractivity contribution is 5.93. The third-order valence-electron chi connectivity index (χ3n) is 8.50. The van der Waals surface area contributed by atoms with Crippen LogP contribution in [-0.2, 0) is 14.3 Å². The standard InChI is InChI=1S/C26H42N4O5/c1-17(25(33)30(10-12-34-4)11-13-35-5)20-6-8-26(3)9-7-21(18(2)22(26)23(20)31)29-24(32)19-14-27-16-28-15-19/h14-18,20-23,31H,6-13H2,1-5H3,(H,29,32)/t17-,18-,20+,21-,22+,23-,26+/m0/s1. The second kappa shape index (κ2) is 12.2. The molecule has 0 radical (unpaired) electrons. The van der Waals surface area contributed by atoms with Crippen molar-refractivity contribution in [3.8, 4) is 0 Å². The Morgan fingerprint density at radius 2 is 1.77 bits per heavy atom. The van der Waals surface area contributed by atoms with E-state index in [4.69, 9.17) is 9.47 Å². The van der Waals surface area contributed by atoms with Gasteiger partial charge in [0.1, 0.15) is 6.33 Å². The van der Waals surface area contributed by atoms with E-state index in [2.05, 4.69) is 29.1 Å². The lowest BCUT2D eigenvalue weighted by Crippen LogP contribution is -2.58. The topological polar surface area (TPSA) is 114 Å². The number of carbonyl (C=O) groups is 2. The fourth-order valence-corrected chi connectivity index (χ4v) is 6.37. The Morgan fingerprint density at radius 3 is 2.37 bits per heavy atom. The van der Waals surface area contributed by atoms with E-state index in [0.717, 1.165) is 25.7 Å². The summed E-state index contributed by atoms with van der Waals surface area (Å²) in [7, 11) is 3.25. The summed E-state index contributed by atoms with van der Waals surface area (Å²) in [6, 6.07) is -0.0555. The summed E-state index contributed by atoms with van der Waals surface area (Å²) in [6.07, 6.45) is 7.38. The van der Waals surface area contributed by atoms with Crippen LogP contribution in [0.15, 0.2) is 18.7 Å². The molecule has 196 valence electrons. The third-order valence-corrected chi connectivity index (χ3v) is 8.50. The molecule has 0 aliphatic heterocycles. The van der Waals surface area contributed by atoms with Crippen LogP contribution in [0.2, 0.25) is 0 Å². The highest BCUT2D eigenvalue weighted by Gasteiger charge is 2.54. The van der Waals surface area contributed by atoms with Gasteiger partial charge < -0.3 is 24.8 Å². The number of methoxy groups -OCH3 is 2. The monoisotopic (exact) mass is 490 g/mol. The van der Waals surface area contributed by atoms with Crippen LogP contribution >= 0.6 is 0 Å². The minimum absolute atomic E-state index is 0.00558. The zero-order valence-electron chi connectivity index (χ0n) is 21.8. The van der Waals surface area contributed by atoms with Gasteiger partial charge in [0, 0.05) is 51.7 Å². The predicted molar refractivity (Wildman–Crippen MR) is 132 cm³/mol. The number of aromatic nitrogens is 2. The second-order valence-electron chi connectivity index (χ2n) is 10.6. The van der Waals surface area contributed by atoms with E-state index < -0.39 is 6.10 Å². The van der Waals surface area contributed by atoms with E-state index in [1.54, 1.807) is 19.1 Å².